The zero-order valence-electron chi connectivity index (χ0n) is 19.9. The fourth-order valence-electron chi connectivity index (χ4n) is 4.49. The minimum absolute atomic E-state index is 0.239. The molecule has 0 spiro atoms. The van der Waals surface area contributed by atoms with Gasteiger partial charge in [-0.1, -0.05) is 0 Å². The quantitative estimate of drug-likeness (QED) is 0.411. The summed E-state index contributed by atoms with van der Waals surface area (Å²) in [6.45, 7) is 10.7. The molecule has 9 heteroatoms. The summed E-state index contributed by atoms with van der Waals surface area (Å²) in [6, 6.07) is 9.77. The van der Waals surface area contributed by atoms with Crippen LogP contribution >= 0.6 is 0 Å². The summed E-state index contributed by atoms with van der Waals surface area (Å²) < 4.78 is 27.8. The second-order valence-corrected chi connectivity index (χ2v) is 9.14. The van der Waals surface area contributed by atoms with E-state index in [0.29, 0.717) is 23.0 Å². The van der Waals surface area contributed by atoms with Gasteiger partial charge in [0.25, 0.3) is 0 Å². The highest BCUT2D eigenvalue weighted by Crippen LogP contribution is 2.32. The molecule has 1 saturated heterocycles. The van der Waals surface area contributed by atoms with Crippen LogP contribution in [0.1, 0.15) is 13.8 Å². The number of anilines is 1. The van der Waals surface area contributed by atoms with Crippen LogP contribution in [0.15, 0.2) is 48.8 Å². The summed E-state index contributed by atoms with van der Waals surface area (Å²) in [5.74, 6) is -1.28. The van der Waals surface area contributed by atoms with E-state index in [1.54, 1.807) is 6.20 Å². The second-order valence-electron chi connectivity index (χ2n) is 9.14. The fraction of sp³-hybridized carbons (Fsp3) is 0.346. The van der Waals surface area contributed by atoms with E-state index < -0.39 is 11.6 Å². The van der Waals surface area contributed by atoms with Gasteiger partial charge in [-0.15, -0.1) is 0 Å². The van der Waals surface area contributed by atoms with Crippen molar-refractivity contribution < 1.29 is 8.78 Å². The van der Waals surface area contributed by atoms with Crippen LogP contribution in [-0.4, -0.2) is 75.3 Å². The summed E-state index contributed by atoms with van der Waals surface area (Å²) in [5, 5.41) is 10.4. The molecule has 1 fully saturated rings. The molecule has 4 aromatic rings. The van der Waals surface area contributed by atoms with Gasteiger partial charge in [-0.2, -0.15) is 5.10 Å². The number of halogens is 2. The number of H-pyrrole nitrogens is 1. The predicted octanol–water partition coefficient (Wildman–Crippen LogP) is 4.40. The highest BCUT2D eigenvalue weighted by Gasteiger charge is 2.18. The topological polar surface area (TPSA) is 73.0 Å². The lowest BCUT2D eigenvalue weighted by atomic mass is 10.0. The number of fused-ring (bicyclic) bond motifs is 1. The summed E-state index contributed by atoms with van der Waals surface area (Å²) in [6.07, 6.45) is 3.42. The van der Waals surface area contributed by atoms with Crippen molar-refractivity contribution in [2.75, 3.05) is 44.6 Å². The van der Waals surface area contributed by atoms with Crippen LogP contribution in [0.2, 0.25) is 0 Å². The summed E-state index contributed by atoms with van der Waals surface area (Å²) in [4.78, 5) is 14.3. The number of aromatic amines is 1. The summed E-state index contributed by atoms with van der Waals surface area (Å²) in [7, 11) is 0. The number of piperazine rings is 1. The number of nitrogens with one attached hydrogen (secondary N) is 2. The van der Waals surface area contributed by atoms with Gasteiger partial charge in [0.2, 0.25) is 0 Å². The third kappa shape index (κ3) is 5.16. The fourth-order valence-corrected chi connectivity index (χ4v) is 4.49. The Balaban J connectivity index is 1.30. The first kappa shape index (κ1) is 23.3. The molecule has 3 aromatic heterocycles. The van der Waals surface area contributed by atoms with Crippen LogP contribution in [0.25, 0.3) is 33.5 Å². The molecule has 4 heterocycles. The molecule has 2 N–H and O–H groups in total. The van der Waals surface area contributed by atoms with Crippen molar-refractivity contribution >= 4 is 16.7 Å². The molecule has 0 aliphatic carbocycles. The first-order valence-electron chi connectivity index (χ1n) is 11.9. The lowest BCUT2D eigenvalue weighted by Crippen LogP contribution is -2.49. The number of nitrogens with zero attached hydrogens (tertiary/aromatic N) is 5. The van der Waals surface area contributed by atoms with Crippen LogP contribution in [0.4, 0.5) is 14.5 Å². The number of rotatable bonds is 7. The van der Waals surface area contributed by atoms with E-state index in [9.17, 15) is 8.78 Å². The van der Waals surface area contributed by atoms with E-state index in [2.05, 4.69) is 44.1 Å². The first-order valence-corrected chi connectivity index (χ1v) is 11.9. The Morgan fingerprint density at radius 3 is 2.57 bits per heavy atom. The lowest BCUT2D eigenvalue weighted by molar-refractivity contribution is 0.111. The van der Waals surface area contributed by atoms with Crippen molar-refractivity contribution in [1.29, 1.82) is 0 Å². The predicted molar refractivity (Wildman–Crippen MR) is 134 cm³/mol. The van der Waals surface area contributed by atoms with Gasteiger partial charge in [-0.05, 0) is 44.2 Å². The number of hydrogen-bond acceptors (Lipinski definition) is 6. The number of aromatic nitrogens is 4. The molecule has 1 aliphatic rings. The Bertz CT molecular complexity index is 1310. The molecule has 7 nitrogen and oxygen atoms in total. The minimum Gasteiger partial charge on any atom is -0.382 e. The van der Waals surface area contributed by atoms with Gasteiger partial charge < -0.3 is 5.32 Å². The van der Waals surface area contributed by atoms with Crippen LogP contribution in [-0.2, 0) is 0 Å². The molecule has 1 aromatic carbocycles. The van der Waals surface area contributed by atoms with Gasteiger partial charge in [0, 0.05) is 62.5 Å². The molecule has 0 amide bonds. The molecule has 0 bridgehead atoms. The molecule has 35 heavy (non-hydrogen) atoms. The standard InChI is InChI=1S/C26H29F2N7/c1-17(2)35-11-9-34(10-12-35)8-7-29-19-14-25-24(30-15-19)6-5-23(32-25)21-16-31-33-26(21)20-4-3-18(27)13-22(20)28/h3-6,13-17,29H,7-12H2,1-2H3,(H,31,33). The average Bonchev–Trinajstić information content (AvgIpc) is 3.33. The smallest absolute Gasteiger partial charge is 0.135 e. The maximum Gasteiger partial charge on any atom is 0.135 e. The monoisotopic (exact) mass is 477 g/mol. The van der Waals surface area contributed by atoms with Crippen LogP contribution in [0, 0.1) is 11.6 Å². The second kappa shape index (κ2) is 10.1. The third-order valence-electron chi connectivity index (χ3n) is 6.55. The molecule has 0 unspecified atom stereocenters. The van der Waals surface area contributed by atoms with Gasteiger partial charge in [-0.3, -0.25) is 19.9 Å². The van der Waals surface area contributed by atoms with Crippen molar-refractivity contribution in [1.82, 2.24) is 30.0 Å². The number of hydrogen-bond donors (Lipinski definition) is 2. The molecular weight excluding hydrogens is 448 g/mol. The maximum absolute atomic E-state index is 14.4. The molecule has 0 saturated carbocycles. The molecule has 182 valence electrons. The minimum atomic E-state index is -0.657. The van der Waals surface area contributed by atoms with Crippen LogP contribution in [0.3, 0.4) is 0 Å². The lowest BCUT2D eigenvalue weighted by Gasteiger charge is -2.36. The van der Waals surface area contributed by atoms with E-state index in [1.165, 1.54) is 12.1 Å². The number of benzene rings is 1. The van der Waals surface area contributed by atoms with E-state index in [0.717, 1.165) is 62.1 Å². The zero-order chi connectivity index (χ0) is 24.4. The van der Waals surface area contributed by atoms with Crippen molar-refractivity contribution in [2.24, 2.45) is 0 Å². The Morgan fingerprint density at radius 2 is 1.80 bits per heavy atom. The van der Waals surface area contributed by atoms with Crippen LogP contribution < -0.4 is 5.32 Å². The van der Waals surface area contributed by atoms with Crippen molar-refractivity contribution in [2.45, 2.75) is 19.9 Å². The first-order chi connectivity index (χ1) is 17.0. The van der Waals surface area contributed by atoms with Crippen molar-refractivity contribution in [3.8, 4) is 22.5 Å². The van der Waals surface area contributed by atoms with Gasteiger partial charge in [0.15, 0.2) is 0 Å². The highest BCUT2D eigenvalue weighted by atomic mass is 19.1. The van der Waals surface area contributed by atoms with Gasteiger partial charge >= 0.3 is 0 Å². The van der Waals surface area contributed by atoms with Gasteiger partial charge in [0.05, 0.1) is 40.5 Å². The summed E-state index contributed by atoms with van der Waals surface area (Å²) >= 11 is 0. The largest absolute Gasteiger partial charge is 0.382 e. The third-order valence-corrected chi connectivity index (χ3v) is 6.55. The molecular formula is C26H29F2N7. The Morgan fingerprint density at radius 1 is 0.971 bits per heavy atom. The molecule has 0 radical (unpaired) electrons. The zero-order valence-corrected chi connectivity index (χ0v) is 19.9. The van der Waals surface area contributed by atoms with Crippen molar-refractivity contribution in [3.63, 3.8) is 0 Å². The maximum atomic E-state index is 14.4. The van der Waals surface area contributed by atoms with Gasteiger partial charge in [0.1, 0.15) is 11.6 Å². The Hall–Kier alpha value is -3.43. The van der Waals surface area contributed by atoms with Gasteiger partial charge in [-0.25, -0.2) is 13.8 Å². The van der Waals surface area contributed by atoms with E-state index >= 15 is 0 Å². The van der Waals surface area contributed by atoms with E-state index in [1.807, 2.05) is 24.4 Å². The Kier molecular flexibility index (Phi) is 6.70. The average molecular weight is 478 g/mol. The summed E-state index contributed by atoms with van der Waals surface area (Å²) in [5.41, 5.74) is 4.35. The van der Waals surface area contributed by atoms with Crippen LogP contribution in [0.5, 0.6) is 0 Å². The molecule has 5 rings (SSSR count). The number of pyridine rings is 2. The molecule has 0 atom stereocenters. The SMILES string of the molecule is CC(C)N1CCN(CCNc2cnc3ccc(-c4cn[nH]c4-c4ccc(F)cc4F)nc3c2)CC1. The highest BCUT2D eigenvalue weighted by molar-refractivity contribution is 5.84. The normalized spacial score (nSPS) is 15.2. The van der Waals surface area contributed by atoms with E-state index in [4.69, 9.17) is 4.98 Å². The molecule has 1 aliphatic heterocycles. The Labute approximate surface area is 203 Å². The van der Waals surface area contributed by atoms with Crippen molar-refractivity contribution in [3.05, 3.63) is 60.4 Å². The van der Waals surface area contributed by atoms with E-state index in [-0.39, 0.29) is 5.56 Å².